The molecule has 33 heavy (non-hydrogen) atoms. The largest absolute Gasteiger partial charge is 0.497 e. The van der Waals surface area contributed by atoms with Crippen molar-refractivity contribution in [3.8, 4) is 28.4 Å². The molecule has 1 amide bonds. The molecule has 2 N–H and O–H groups in total. The monoisotopic (exact) mass is 449 g/mol. The van der Waals surface area contributed by atoms with Crippen molar-refractivity contribution in [3.05, 3.63) is 54.4 Å². The summed E-state index contributed by atoms with van der Waals surface area (Å²) in [5.74, 6) is 1.78. The normalized spacial score (nSPS) is 18.2. The molecule has 1 fully saturated rings. The summed E-state index contributed by atoms with van der Waals surface area (Å²) in [6, 6.07) is 11.5. The Bertz CT molecular complexity index is 1110. The summed E-state index contributed by atoms with van der Waals surface area (Å²) < 4.78 is 22.9. The Morgan fingerprint density at radius 3 is 2.82 bits per heavy atom. The number of rotatable bonds is 6. The number of nitrogens with one attached hydrogen (secondary N) is 2. The number of aromatic amines is 1. The average molecular weight is 450 g/mol. The smallest absolute Gasteiger partial charge is 0.231 e. The van der Waals surface area contributed by atoms with E-state index in [1.165, 1.54) is 0 Å². The van der Waals surface area contributed by atoms with Gasteiger partial charge in [-0.1, -0.05) is 6.07 Å². The molecule has 2 aromatic carbocycles. The van der Waals surface area contributed by atoms with E-state index in [4.69, 9.17) is 18.9 Å². The third-order valence-corrected chi connectivity index (χ3v) is 6.08. The van der Waals surface area contributed by atoms with Crippen molar-refractivity contribution < 1.29 is 23.7 Å². The molecule has 0 bridgehead atoms. The van der Waals surface area contributed by atoms with Crippen LogP contribution in [0.25, 0.3) is 11.1 Å². The van der Waals surface area contributed by atoms with Crippen LogP contribution in [-0.2, 0) is 16.0 Å². The van der Waals surface area contributed by atoms with Crippen LogP contribution < -0.4 is 19.5 Å². The standard InChI is InChI=1S/C25H27N3O5/c1-30-21-3-5-23-17(11-21)10-18(15-32-23)25(29)28-22-4-2-16(19-13-26-27-14-19)12-24(22)33-20-6-8-31-9-7-20/h2-5,11-14,18,20H,6-10,15H2,1H3,(H,26,27)(H,28,29). The van der Waals surface area contributed by atoms with Gasteiger partial charge in [0.1, 0.15) is 30.0 Å². The van der Waals surface area contributed by atoms with Crippen molar-refractivity contribution in [2.45, 2.75) is 25.4 Å². The summed E-state index contributed by atoms with van der Waals surface area (Å²) >= 11 is 0. The summed E-state index contributed by atoms with van der Waals surface area (Å²) in [6.07, 6.45) is 5.86. The Kier molecular flexibility index (Phi) is 6.17. The number of hydrogen-bond donors (Lipinski definition) is 2. The Hall–Kier alpha value is -3.52. The van der Waals surface area contributed by atoms with Crippen molar-refractivity contribution in [1.82, 2.24) is 10.2 Å². The number of anilines is 1. The highest BCUT2D eigenvalue weighted by atomic mass is 16.5. The lowest BCUT2D eigenvalue weighted by atomic mass is 9.95. The van der Waals surface area contributed by atoms with Gasteiger partial charge in [-0.05, 0) is 47.9 Å². The number of aromatic nitrogens is 2. The molecule has 0 radical (unpaired) electrons. The van der Waals surface area contributed by atoms with E-state index in [1.807, 2.05) is 42.6 Å². The van der Waals surface area contributed by atoms with Gasteiger partial charge < -0.3 is 24.3 Å². The van der Waals surface area contributed by atoms with Crippen molar-refractivity contribution >= 4 is 11.6 Å². The number of ether oxygens (including phenoxy) is 4. The zero-order valence-corrected chi connectivity index (χ0v) is 18.5. The fraction of sp³-hybridized carbons (Fsp3) is 0.360. The van der Waals surface area contributed by atoms with Crippen LogP contribution in [0.5, 0.6) is 17.2 Å². The Morgan fingerprint density at radius 2 is 2.03 bits per heavy atom. The Labute approximate surface area is 192 Å². The van der Waals surface area contributed by atoms with Gasteiger partial charge >= 0.3 is 0 Å². The number of benzene rings is 2. The molecule has 0 saturated carbocycles. The fourth-order valence-electron chi connectivity index (χ4n) is 4.19. The number of methoxy groups -OCH3 is 1. The Balaban J connectivity index is 1.35. The molecule has 8 heteroatoms. The second-order valence-corrected chi connectivity index (χ2v) is 8.30. The highest BCUT2D eigenvalue weighted by Gasteiger charge is 2.27. The summed E-state index contributed by atoms with van der Waals surface area (Å²) in [4.78, 5) is 13.2. The van der Waals surface area contributed by atoms with E-state index in [0.29, 0.717) is 37.7 Å². The van der Waals surface area contributed by atoms with Crippen molar-refractivity contribution in [1.29, 1.82) is 0 Å². The van der Waals surface area contributed by atoms with Gasteiger partial charge in [0.25, 0.3) is 0 Å². The van der Waals surface area contributed by atoms with E-state index < -0.39 is 0 Å². The van der Waals surface area contributed by atoms with Crippen LogP contribution in [0.4, 0.5) is 5.69 Å². The first-order chi connectivity index (χ1) is 16.2. The first-order valence-electron chi connectivity index (χ1n) is 11.2. The molecule has 1 saturated heterocycles. The molecular weight excluding hydrogens is 422 g/mol. The lowest BCUT2D eigenvalue weighted by Gasteiger charge is -2.27. The van der Waals surface area contributed by atoms with Crippen molar-refractivity contribution in [2.24, 2.45) is 5.92 Å². The van der Waals surface area contributed by atoms with Gasteiger partial charge in [0.05, 0.1) is 38.1 Å². The first-order valence-corrected chi connectivity index (χ1v) is 11.2. The molecule has 2 aliphatic heterocycles. The van der Waals surface area contributed by atoms with Crippen molar-refractivity contribution in [3.63, 3.8) is 0 Å². The molecule has 1 unspecified atom stereocenters. The second kappa shape index (κ2) is 9.54. The maximum absolute atomic E-state index is 13.2. The SMILES string of the molecule is COc1ccc2c(c1)CC(C(=O)Nc1ccc(-c3cn[nH]c3)cc1OC1CCOCC1)CO2. The minimum atomic E-state index is -0.311. The summed E-state index contributed by atoms with van der Waals surface area (Å²) in [7, 11) is 1.63. The van der Waals surface area contributed by atoms with Gasteiger partial charge in [0.2, 0.25) is 5.91 Å². The van der Waals surface area contributed by atoms with Crippen LogP contribution in [-0.4, -0.2) is 49.1 Å². The second-order valence-electron chi connectivity index (χ2n) is 8.30. The highest BCUT2D eigenvalue weighted by molar-refractivity contribution is 5.95. The predicted molar refractivity (Wildman–Crippen MR) is 123 cm³/mol. The molecule has 0 aliphatic carbocycles. The summed E-state index contributed by atoms with van der Waals surface area (Å²) in [5, 5.41) is 9.94. The van der Waals surface area contributed by atoms with E-state index in [9.17, 15) is 4.79 Å². The maximum atomic E-state index is 13.2. The molecule has 8 nitrogen and oxygen atoms in total. The van der Waals surface area contributed by atoms with Crippen LogP contribution in [0, 0.1) is 5.92 Å². The van der Waals surface area contributed by atoms with Crippen LogP contribution in [0.3, 0.4) is 0 Å². The molecule has 3 aromatic rings. The number of carbonyl (C=O) groups excluding carboxylic acids is 1. The van der Waals surface area contributed by atoms with E-state index in [2.05, 4.69) is 15.5 Å². The quantitative estimate of drug-likeness (QED) is 0.594. The average Bonchev–Trinajstić information content (AvgIpc) is 3.40. The zero-order chi connectivity index (χ0) is 22.6. The fourth-order valence-corrected chi connectivity index (χ4v) is 4.19. The lowest BCUT2D eigenvalue weighted by molar-refractivity contribution is -0.121. The van der Waals surface area contributed by atoms with Gasteiger partial charge in [0.15, 0.2) is 0 Å². The number of amides is 1. The van der Waals surface area contributed by atoms with Gasteiger partial charge in [-0.25, -0.2) is 0 Å². The van der Waals surface area contributed by atoms with E-state index >= 15 is 0 Å². The molecule has 1 atom stereocenters. The molecule has 3 heterocycles. The van der Waals surface area contributed by atoms with Gasteiger partial charge in [0, 0.05) is 24.6 Å². The number of carbonyl (C=O) groups is 1. The number of fused-ring (bicyclic) bond motifs is 1. The van der Waals surface area contributed by atoms with Crippen molar-refractivity contribution in [2.75, 3.05) is 32.2 Å². The third kappa shape index (κ3) is 4.80. The molecule has 172 valence electrons. The summed E-state index contributed by atoms with van der Waals surface area (Å²) in [5.41, 5.74) is 3.53. The van der Waals surface area contributed by atoms with Crippen LogP contribution in [0.2, 0.25) is 0 Å². The predicted octanol–water partition coefficient (Wildman–Crippen LogP) is 3.83. The van der Waals surface area contributed by atoms with E-state index in [0.717, 1.165) is 41.0 Å². The van der Waals surface area contributed by atoms with Gasteiger partial charge in [-0.15, -0.1) is 0 Å². The highest BCUT2D eigenvalue weighted by Crippen LogP contribution is 2.35. The molecular formula is C25H27N3O5. The first kappa shape index (κ1) is 21.3. The van der Waals surface area contributed by atoms with Gasteiger partial charge in [-0.3, -0.25) is 9.89 Å². The Morgan fingerprint density at radius 1 is 1.15 bits per heavy atom. The molecule has 2 aliphatic rings. The number of nitrogens with zero attached hydrogens (tertiary/aromatic N) is 1. The lowest BCUT2D eigenvalue weighted by Crippen LogP contribution is -2.33. The molecule has 5 rings (SSSR count). The minimum Gasteiger partial charge on any atom is -0.497 e. The summed E-state index contributed by atoms with van der Waals surface area (Å²) in [6.45, 7) is 1.68. The van der Waals surface area contributed by atoms with Crippen LogP contribution in [0.1, 0.15) is 18.4 Å². The maximum Gasteiger partial charge on any atom is 0.231 e. The van der Waals surface area contributed by atoms with Crippen LogP contribution >= 0.6 is 0 Å². The third-order valence-electron chi connectivity index (χ3n) is 6.08. The zero-order valence-electron chi connectivity index (χ0n) is 18.5. The molecule has 0 spiro atoms. The number of hydrogen-bond acceptors (Lipinski definition) is 6. The van der Waals surface area contributed by atoms with Crippen LogP contribution in [0.15, 0.2) is 48.8 Å². The minimum absolute atomic E-state index is 0.0476. The van der Waals surface area contributed by atoms with E-state index in [-0.39, 0.29) is 17.9 Å². The molecule has 1 aromatic heterocycles. The van der Waals surface area contributed by atoms with E-state index in [1.54, 1.807) is 13.3 Å². The topological polar surface area (TPSA) is 94.7 Å². The van der Waals surface area contributed by atoms with Gasteiger partial charge in [-0.2, -0.15) is 5.10 Å². The number of H-pyrrole nitrogens is 1.